The number of nitrogens with zero attached hydrogens (tertiary/aromatic N) is 1. The molecule has 142 valence electrons. The minimum atomic E-state index is -3.56. The van der Waals surface area contributed by atoms with Crippen LogP contribution in [0.3, 0.4) is 0 Å². The Labute approximate surface area is 158 Å². The van der Waals surface area contributed by atoms with Crippen LogP contribution in [-0.4, -0.2) is 34.0 Å². The molecule has 1 unspecified atom stereocenters. The number of amides is 1. The summed E-state index contributed by atoms with van der Waals surface area (Å²) in [6, 6.07) is 9.94. The number of carbonyl (C=O) groups excluding carboxylic acids is 1. The molecule has 0 spiro atoms. The number of hydrogen-bond donors (Lipinski definition) is 1. The summed E-state index contributed by atoms with van der Waals surface area (Å²) in [6.07, 6.45) is 0. The molecule has 1 atom stereocenters. The SMILES string of the molecule is CC(C)C(C)NC(=O)COc1ccc(N(C)S(=O)(=O)c2cccs2)cc1. The van der Waals surface area contributed by atoms with Crippen molar-refractivity contribution in [1.29, 1.82) is 0 Å². The van der Waals surface area contributed by atoms with Crippen LogP contribution in [0.1, 0.15) is 20.8 Å². The second kappa shape index (κ2) is 8.55. The van der Waals surface area contributed by atoms with Gasteiger partial charge in [-0.25, -0.2) is 8.42 Å². The van der Waals surface area contributed by atoms with E-state index in [1.54, 1.807) is 41.8 Å². The van der Waals surface area contributed by atoms with Crippen LogP contribution >= 0.6 is 11.3 Å². The third kappa shape index (κ3) is 4.98. The van der Waals surface area contributed by atoms with E-state index >= 15 is 0 Å². The van der Waals surface area contributed by atoms with Gasteiger partial charge in [-0.1, -0.05) is 19.9 Å². The molecule has 0 bridgehead atoms. The van der Waals surface area contributed by atoms with E-state index in [9.17, 15) is 13.2 Å². The first-order valence-corrected chi connectivity index (χ1v) is 10.6. The lowest BCUT2D eigenvalue weighted by molar-refractivity contribution is -0.124. The molecule has 0 fully saturated rings. The monoisotopic (exact) mass is 396 g/mol. The third-order valence-electron chi connectivity index (χ3n) is 4.07. The Balaban J connectivity index is 1.97. The fraction of sp³-hybridized carbons (Fsp3) is 0.389. The zero-order valence-electron chi connectivity index (χ0n) is 15.3. The Morgan fingerprint density at radius 2 is 1.85 bits per heavy atom. The molecule has 0 aliphatic carbocycles. The van der Waals surface area contributed by atoms with E-state index in [0.717, 1.165) is 0 Å². The van der Waals surface area contributed by atoms with Crippen molar-refractivity contribution in [3.05, 3.63) is 41.8 Å². The summed E-state index contributed by atoms with van der Waals surface area (Å²) in [5.74, 6) is 0.662. The molecule has 0 saturated heterocycles. The van der Waals surface area contributed by atoms with E-state index < -0.39 is 10.0 Å². The summed E-state index contributed by atoms with van der Waals surface area (Å²) in [5, 5.41) is 4.59. The molecule has 26 heavy (non-hydrogen) atoms. The van der Waals surface area contributed by atoms with Crippen LogP contribution < -0.4 is 14.4 Å². The van der Waals surface area contributed by atoms with Crippen LogP contribution in [0.4, 0.5) is 5.69 Å². The summed E-state index contributed by atoms with van der Waals surface area (Å²) in [6.45, 7) is 5.93. The molecule has 0 aliphatic rings. The Morgan fingerprint density at radius 1 is 1.19 bits per heavy atom. The lowest BCUT2D eigenvalue weighted by Gasteiger charge is -2.19. The van der Waals surface area contributed by atoms with Gasteiger partial charge in [-0.05, 0) is 48.6 Å². The quantitative estimate of drug-likeness (QED) is 0.744. The molecule has 1 aromatic heterocycles. The van der Waals surface area contributed by atoms with E-state index in [1.165, 1.54) is 22.7 Å². The molecule has 1 heterocycles. The van der Waals surface area contributed by atoms with E-state index in [0.29, 0.717) is 17.4 Å². The fourth-order valence-corrected chi connectivity index (χ4v) is 4.40. The smallest absolute Gasteiger partial charge is 0.273 e. The topological polar surface area (TPSA) is 75.7 Å². The Bertz CT molecular complexity index is 815. The number of thiophene rings is 1. The van der Waals surface area contributed by atoms with Gasteiger partial charge >= 0.3 is 0 Å². The maximum atomic E-state index is 12.5. The highest BCUT2D eigenvalue weighted by Gasteiger charge is 2.22. The van der Waals surface area contributed by atoms with Gasteiger partial charge in [0.2, 0.25) is 0 Å². The maximum Gasteiger partial charge on any atom is 0.273 e. The first-order valence-electron chi connectivity index (χ1n) is 8.26. The zero-order chi connectivity index (χ0) is 19.3. The van der Waals surface area contributed by atoms with Gasteiger partial charge in [0.1, 0.15) is 9.96 Å². The Kier molecular flexibility index (Phi) is 6.66. The van der Waals surface area contributed by atoms with Crippen molar-refractivity contribution in [2.24, 2.45) is 5.92 Å². The highest BCUT2D eigenvalue weighted by Crippen LogP contribution is 2.26. The van der Waals surface area contributed by atoms with E-state index in [-0.39, 0.29) is 22.8 Å². The van der Waals surface area contributed by atoms with Crippen molar-refractivity contribution in [3.63, 3.8) is 0 Å². The number of sulfonamides is 1. The Morgan fingerprint density at radius 3 is 2.38 bits per heavy atom. The van der Waals surface area contributed by atoms with E-state index in [1.807, 2.05) is 20.8 Å². The average Bonchev–Trinajstić information content (AvgIpc) is 3.15. The van der Waals surface area contributed by atoms with Crippen LogP contribution in [-0.2, 0) is 14.8 Å². The molecule has 0 saturated carbocycles. The van der Waals surface area contributed by atoms with Crippen LogP contribution in [0, 0.1) is 5.92 Å². The van der Waals surface area contributed by atoms with E-state index in [2.05, 4.69) is 5.32 Å². The predicted octanol–water partition coefficient (Wildman–Crippen LogP) is 3.11. The summed E-state index contributed by atoms with van der Waals surface area (Å²) in [5.41, 5.74) is 0.517. The minimum Gasteiger partial charge on any atom is -0.484 e. The van der Waals surface area contributed by atoms with E-state index in [4.69, 9.17) is 4.74 Å². The maximum absolute atomic E-state index is 12.5. The lowest BCUT2D eigenvalue weighted by Crippen LogP contribution is -2.38. The van der Waals surface area contributed by atoms with Crippen molar-refractivity contribution in [1.82, 2.24) is 5.32 Å². The van der Waals surface area contributed by atoms with Crippen molar-refractivity contribution in [3.8, 4) is 5.75 Å². The zero-order valence-corrected chi connectivity index (χ0v) is 16.9. The molecule has 1 amide bonds. The van der Waals surface area contributed by atoms with Crippen LogP contribution in [0.5, 0.6) is 5.75 Å². The van der Waals surface area contributed by atoms with Crippen molar-refractivity contribution in [2.45, 2.75) is 31.0 Å². The molecule has 2 rings (SSSR count). The van der Waals surface area contributed by atoms with Gasteiger partial charge in [0, 0.05) is 13.1 Å². The van der Waals surface area contributed by atoms with Gasteiger partial charge in [0.15, 0.2) is 6.61 Å². The Hall–Kier alpha value is -2.06. The summed E-state index contributed by atoms with van der Waals surface area (Å²) in [7, 11) is -2.06. The molecule has 0 radical (unpaired) electrons. The van der Waals surface area contributed by atoms with Gasteiger partial charge in [0.25, 0.3) is 15.9 Å². The van der Waals surface area contributed by atoms with Gasteiger partial charge in [-0.2, -0.15) is 0 Å². The number of rotatable bonds is 8. The first-order chi connectivity index (χ1) is 12.2. The predicted molar refractivity (Wildman–Crippen MR) is 104 cm³/mol. The van der Waals surface area contributed by atoms with Gasteiger partial charge in [-0.15, -0.1) is 11.3 Å². The second-order valence-corrected chi connectivity index (χ2v) is 9.43. The van der Waals surface area contributed by atoms with Crippen molar-refractivity contribution < 1.29 is 17.9 Å². The molecule has 1 N–H and O–H groups in total. The normalized spacial score (nSPS) is 12.7. The lowest BCUT2D eigenvalue weighted by atomic mass is 10.1. The minimum absolute atomic E-state index is 0.0737. The molecular weight excluding hydrogens is 372 g/mol. The van der Waals surface area contributed by atoms with Crippen LogP contribution in [0.15, 0.2) is 46.0 Å². The van der Waals surface area contributed by atoms with Gasteiger partial charge in [0.05, 0.1) is 5.69 Å². The first kappa shape index (κ1) is 20.3. The second-order valence-electron chi connectivity index (χ2n) is 6.29. The largest absolute Gasteiger partial charge is 0.484 e. The summed E-state index contributed by atoms with van der Waals surface area (Å²) >= 11 is 1.18. The van der Waals surface area contributed by atoms with Crippen molar-refractivity contribution in [2.75, 3.05) is 18.0 Å². The highest BCUT2D eigenvalue weighted by atomic mass is 32.2. The summed E-state index contributed by atoms with van der Waals surface area (Å²) < 4.78 is 32.0. The molecule has 1 aromatic carbocycles. The third-order valence-corrected chi connectivity index (χ3v) is 7.23. The number of ether oxygens (including phenoxy) is 1. The van der Waals surface area contributed by atoms with Crippen molar-refractivity contribution >= 4 is 33.0 Å². The molecule has 8 heteroatoms. The fourth-order valence-electron chi connectivity index (χ4n) is 2.05. The van der Waals surface area contributed by atoms with Gasteiger partial charge in [-0.3, -0.25) is 9.10 Å². The van der Waals surface area contributed by atoms with Gasteiger partial charge < -0.3 is 10.1 Å². The molecule has 6 nitrogen and oxygen atoms in total. The molecule has 2 aromatic rings. The number of anilines is 1. The molecule has 0 aliphatic heterocycles. The standard InChI is InChI=1S/C18H24N2O4S2/c1-13(2)14(3)19-17(21)12-24-16-9-7-15(8-10-16)20(4)26(22,23)18-6-5-11-25-18/h5-11,13-14H,12H2,1-4H3,(H,19,21). The average molecular weight is 397 g/mol. The highest BCUT2D eigenvalue weighted by molar-refractivity contribution is 7.94. The molecular formula is C18H24N2O4S2. The number of benzene rings is 1. The van der Waals surface area contributed by atoms with Crippen LogP contribution in [0.25, 0.3) is 0 Å². The summed E-state index contributed by atoms with van der Waals surface area (Å²) in [4.78, 5) is 11.8. The number of carbonyl (C=O) groups is 1. The number of nitrogens with one attached hydrogen (secondary N) is 1. The number of hydrogen-bond acceptors (Lipinski definition) is 5. The van der Waals surface area contributed by atoms with Crippen LogP contribution in [0.2, 0.25) is 0 Å².